The van der Waals surface area contributed by atoms with Gasteiger partial charge in [0, 0.05) is 18.6 Å². The number of hydrogen-bond donors (Lipinski definition) is 1. The molecule has 0 saturated heterocycles. The molecule has 0 aliphatic rings. The third-order valence-electron chi connectivity index (χ3n) is 5.46. The molecule has 0 aromatic heterocycles. The Bertz CT molecular complexity index is 1070. The molecule has 0 unspecified atom stereocenters. The number of anilines is 1. The van der Waals surface area contributed by atoms with Crippen LogP contribution in [0.15, 0.2) is 48.5 Å². The number of carbonyl (C=O) groups is 2. The summed E-state index contributed by atoms with van der Waals surface area (Å²) in [6.45, 7) is 5.53. The fourth-order valence-electron chi connectivity index (χ4n) is 3.54. The van der Waals surface area contributed by atoms with Gasteiger partial charge in [-0.3, -0.25) is 13.9 Å². The van der Waals surface area contributed by atoms with Crippen molar-refractivity contribution < 1.29 is 18.0 Å². The molecule has 7 nitrogen and oxygen atoms in total. The largest absolute Gasteiger partial charge is 0.357 e. The molecule has 0 aliphatic carbocycles. The molecule has 0 fully saturated rings. The van der Waals surface area contributed by atoms with E-state index in [0.29, 0.717) is 22.7 Å². The molecule has 0 saturated carbocycles. The summed E-state index contributed by atoms with van der Waals surface area (Å²) < 4.78 is 26.3. The van der Waals surface area contributed by atoms with Crippen molar-refractivity contribution in [3.05, 3.63) is 64.7 Å². The summed E-state index contributed by atoms with van der Waals surface area (Å²) in [6.07, 6.45) is 1.42. The predicted molar refractivity (Wildman–Crippen MR) is 133 cm³/mol. The number of carbonyl (C=O) groups excluding carboxylic acids is 2. The topological polar surface area (TPSA) is 86.8 Å². The van der Waals surface area contributed by atoms with Crippen LogP contribution in [-0.2, 0) is 26.2 Å². The summed E-state index contributed by atoms with van der Waals surface area (Å²) in [5.74, 6) is -0.537. The number of likely N-dealkylation sites (N-methyl/N-ethyl adjacent to an activating group) is 1. The van der Waals surface area contributed by atoms with E-state index < -0.39 is 28.5 Å². The number of sulfonamides is 1. The molecule has 1 atom stereocenters. The number of benzene rings is 2. The standard InChI is InChI=1S/C24H32ClN3O4S/c1-6-22(24(30)26-4)27(15-19-9-7-8-10-21(19)25)23(29)16-28(33(5,31)32)20-13-11-18(12-14-20)17(2)3/h7-14,17,22H,6,15-16H2,1-5H3,(H,26,30)/t22-/m1/s1. The normalized spacial score (nSPS) is 12.3. The van der Waals surface area contributed by atoms with Crippen molar-refractivity contribution >= 4 is 39.1 Å². The van der Waals surface area contributed by atoms with Crippen LogP contribution in [0.4, 0.5) is 5.69 Å². The van der Waals surface area contributed by atoms with Crippen molar-refractivity contribution in [2.75, 3.05) is 24.2 Å². The van der Waals surface area contributed by atoms with Gasteiger partial charge in [-0.25, -0.2) is 8.42 Å². The highest BCUT2D eigenvalue weighted by molar-refractivity contribution is 7.92. The van der Waals surface area contributed by atoms with Crippen LogP contribution in [0.5, 0.6) is 0 Å². The van der Waals surface area contributed by atoms with E-state index in [1.54, 1.807) is 43.3 Å². The van der Waals surface area contributed by atoms with Gasteiger partial charge in [0.1, 0.15) is 12.6 Å². The van der Waals surface area contributed by atoms with Crippen molar-refractivity contribution in [1.82, 2.24) is 10.2 Å². The van der Waals surface area contributed by atoms with Gasteiger partial charge in [-0.1, -0.05) is 62.7 Å². The Kier molecular flexibility index (Phi) is 9.31. The summed E-state index contributed by atoms with van der Waals surface area (Å²) in [4.78, 5) is 27.4. The quantitative estimate of drug-likeness (QED) is 0.545. The van der Waals surface area contributed by atoms with Crippen LogP contribution in [0, 0.1) is 0 Å². The first-order valence-corrected chi connectivity index (χ1v) is 13.0. The summed E-state index contributed by atoms with van der Waals surface area (Å²) in [5.41, 5.74) is 2.12. The fraction of sp³-hybridized carbons (Fsp3) is 0.417. The molecule has 0 bridgehead atoms. The molecule has 2 aromatic carbocycles. The highest BCUT2D eigenvalue weighted by Crippen LogP contribution is 2.24. The maximum absolute atomic E-state index is 13.5. The lowest BCUT2D eigenvalue weighted by Gasteiger charge is -2.32. The van der Waals surface area contributed by atoms with Crippen molar-refractivity contribution in [2.45, 2.75) is 45.7 Å². The number of halogens is 1. The minimum Gasteiger partial charge on any atom is -0.357 e. The number of nitrogens with one attached hydrogen (secondary N) is 1. The Morgan fingerprint density at radius 2 is 1.67 bits per heavy atom. The molecule has 0 radical (unpaired) electrons. The third-order valence-corrected chi connectivity index (χ3v) is 6.97. The van der Waals surface area contributed by atoms with Crippen molar-refractivity contribution in [3.63, 3.8) is 0 Å². The van der Waals surface area contributed by atoms with E-state index in [1.807, 2.05) is 26.0 Å². The maximum Gasteiger partial charge on any atom is 0.244 e. The Morgan fingerprint density at radius 1 is 1.06 bits per heavy atom. The predicted octanol–water partition coefficient (Wildman–Crippen LogP) is 3.78. The molecule has 2 rings (SSSR count). The molecule has 180 valence electrons. The van der Waals surface area contributed by atoms with Crippen LogP contribution in [0.3, 0.4) is 0 Å². The second kappa shape index (κ2) is 11.5. The number of nitrogens with zero attached hydrogens (tertiary/aromatic N) is 2. The van der Waals surface area contributed by atoms with Gasteiger partial charge in [0.2, 0.25) is 21.8 Å². The minimum atomic E-state index is -3.76. The third kappa shape index (κ3) is 6.95. The average molecular weight is 494 g/mol. The van der Waals surface area contributed by atoms with Crippen molar-refractivity contribution in [3.8, 4) is 0 Å². The van der Waals surface area contributed by atoms with Crippen molar-refractivity contribution in [2.24, 2.45) is 0 Å². The minimum absolute atomic E-state index is 0.0777. The summed E-state index contributed by atoms with van der Waals surface area (Å²) in [5, 5.41) is 3.05. The molecule has 33 heavy (non-hydrogen) atoms. The second-order valence-electron chi connectivity index (χ2n) is 8.17. The lowest BCUT2D eigenvalue weighted by molar-refractivity contribution is -0.140. The Hall–Kier alpha value is -2.58. The van der Waals surface area contributed by atoms with Gasteiger partial charge in [0.15, 0.2) is 0 Å². The second-order valence-corrected chi connectivity index (χ2v) is 10.5. The first-order chi connectivity index (χ1) is 15.5. The van der Waals surface area contributed by atoms with E-state index >= 15 is 0 Å². The zero-order valence-corrected chi connectivity index (χ0v) is 21.3. The molecule has 0 heterocycles. The molecular weight excluding hydrogens is 462 g/mol. The molecular formula is C24H32ClN3O4S. The molecule has 1 N–H and O–H groups in total. The van der Waals surface area contributed by atoms with Gasteiger partial charge in [-0.15, -0.1) is 0 Å². The van der Waals surface area contributed by atoms with Gasteiger partial charge in [0.05, 0.1) is 11.9 Å². The van der Waals surface area contributed by atoms with Crippen LogP contribution < -0.4 is 9.62 Å². The smallest absolute Gasteiger partial charge is 0.244 e. The van der Waals surface area contributed by atoms with E-state index in [2.05, 4.69) is 5.32 Å². The van der Waals surface area contributed by atoms with Gasteiger partial charge < -0.3 is 10.2 Å². The van der Waals surface area contributed by atoms with Gasteiger partial charge in [0.25, 0.3) is 0 Å². The van der Waals surface area contributed by atoms with Gasteiger partial charge >= 0.3 is 0 Å². The van der Waals surface area contributed by atoms with Gasteiger partial charge in [-0.2, -0.15) is 0 Å². The Balaban J connectivity index is 2.43. The fourth-order valence-corrected chi connectivity index (χ4v) is 4.58. The zero-order chi connectivity index (χ0) is 24.8. The maximum atomic E-state index is 13.5. The first-order valence-electron chi connectivity index (χ1n) is 10.8. The highest BCUT2D eigenvalue weighted by atomic mass is 35.5. The SMILES string of the molecule is CC[C@H](C(=O)NC)N(Cc1ccccc1Cl)C(=O)CN(c1ccc(C(C)C)cc1)S(C)(=O)=O. The molecule has 0 aliphatic heterocycles. The monoisotopic (exact) mass is 493 g/mol. The van der Waals surface area contributed by atoms with Crippen molar-refractivity contribution in [1.29, 1.82) is 0 Å². The van der Waals surface area contributed by atoms with Gasteiger partial charge in [-0.05, 0) is 41.7 Å². The zero-order valence-electron chi connectivity index (χ0n) is 19.7. The summed E-state index contributed by atoms with van der Waals surface area (Å²) in [7, 11) is -2.26. The summed E-state index contributed by atoms with van der Waals surface area (Å²) >= 11 is 6.30. The Labute approximate surface area is 201 Å². The molecule has 0 spiro atoms. The lowest BCUT2D eigenvalue weighted by Crippen LogP contribution is -2.51. The average Bonchev–Trinajstić information content (AvgIpc) is 2.77. The number of hydrogen-bond acceptors (Lipinski definition) is 4. The molecule has 2 aromatic rings. The van der Waals surface area contributed by atoms with Crippen LogP contribution >= 0.6 is 11.6 Å². The van der Waals surface area contributed by atoms with E-state index in [-0.39, 0.29) is 18.4 Å². The molecule has 2 amide bonds. The Morgan fingerprint density at radius 3 is 2.15 bits per heavy atom. The summed E-state index contributed by atoms with van der Waals surface area (Å²) in [6, 6.07) is 13.4. The van der Waals surface area contributed by atoms with Crippen LogP contribution in [0.2, 0.25) is 5.02 Å². The lowest BCUT2D eigenvalue weighted by atomic mass is 10.0. The van der Waals surface area contributed by atoms with E-state index in [9.17, 15) is 18.0 Å². The van der Waals surface area contributed by atoms with E-state index in [4.69, 9.17) is 11.6 Å². The van der Waals surface area contributed by atoms with Crippen LogP contribution in [0.1, 0.15) is 44.2 Å². The number of rotatable bonds is 10. The van der Waals surface area contributed by atoms with E-state index in [1.165, 1.54) is 11.9 Å². The number of amides is 2. The van der Waals surface area contributed by atoms with Crippen LogP contribution in [-0.4, -0.2) is 51.0 Å². The highest BCUT2D eigenvalue weighted by Gasteiger charge is 2.31. The van der Waals surface area contributed by atoms with E-state index in [0.717, 1.165) is 16.1 Å². The molecule has 9 heteroatoms. The first kappa shape index (κ1) is 26.7. The van der Waals surface area contributed by atoms with Crippen LogP contribution in [0.25, 0.3) is 0 Å².